The van der Waals surface area contributed by atoms with Crippen LogP contribution in [0.2, 0.25) is 5.02 Å². The average molecular weight is 436 g/mol. The second kappa shape index (κ2) is 10.9. The third-order valence-electron chi connectivity index (χ3n) is 5.03. The van der Waals surface area contributed by atoms with Gasteiger partial charge >= 0.3 is 0 Å². The second-order valence-electron chi connectivity index (χ2n) is 7.43. The fourth-order valence-corrected chi connectivity index (χ4v) is 3.86. The minimum absolute atomic E-state index is 0.0224. The monoisotopic (exact) mass is 435 g/mol. The van der Waals surface area contributed by atoms with Gasteiger partial charge in [0.25, 0.3) is 6.47 Å². The number of rotatable bonds is 5. The van der Waals surface area contributed by atoms with Crippen LogP contribution < -0.4 is 5.32 Å². The normalized spacial score (nSPS) is 15.5. The molecule has 0 aliphatic carbocycles. The summed E-state index contributed by atoms with van der Waals surface area (Å²) in [4.78, 5) is 25.2. The number of piperidine rings is 1. The first kappa shape index (κ1) is 23.6. The fourth-order valence-electron chi connectivity index (χ4n) is 3.65. The molecule has 0 spiro atoms. The molecule has 1 saturated heterocycles. The summed E-state index contributed by atoms with van der Waals surface area (Å²) in [7, 11) is 3.52. The predicted molar refractivity (Wildman–Crippen MR) is 116 cm³/mol. The van der Waals surface area contributed by atoms with Gasteiger partial charge in [0.2, 0.25) is 5.91 Å². The van der Waals surface area contributed by atoms with Crippen molar-refractivity contribution < 1.29 is 19.1 Å². The maximum atomic E-state index is 13.6. The topological polar surface area (TPSA) is 72.9 Å². The third kappa shape index (κ3) is 6.43. The van der Waals surface area contributed by atoms with Gasteiger partial charge in [-0.1, -0.05) is 29.8 Å². The average Bonchev–Trinajstić information content (AvgIpc) is 2.70. The van der Waals surface area contributed by atoms with E-state index >= 15 is 0 Å². The number of nitrogens with zero attached hydrogens (tertiary/aromatic N) is 2. The zero-order valence-corrected chi connectivity index (χ0v) is 17.9. The van der Waals surface area contributed by atoms with Gasteiger partial charge in [-0.3, -0.25) is 14.5 Å². The predicted octanol–water partition coefficient (Wildman–Crippen LogP) is 3.71. The molecule has 2 N–H and O–H groups in total. The number of anilines is 1. The van der Waals surface area contributed by atoms with E-state index in [1.165, 1.54) is 12.1 Å². The van der Waals surface area contributed by atoms with Crippen LogP contribution in [0, 0.1) is 5.82 Å². The molecule has 0 atom stereocenters. The van der Waals surface area contributed by atoms with E-state index in [1.54, 1.807) is 31.1 Å². The van der Waals surface area contributed by atoms with Crippen LogP contribution in [-0.2, 0) is 16.1 Å². The highest BCUT2D eigenvalue weighted by atomic mass is 35.5. The highest BCUT2D eigenvalue weighted by molar-refractivity contribution is 6.30. The number of benzene rings is 2. The molecule has 30 heavy (non-hydrogen) atoms. The lowest BCUT2D eigenvalue weighted by atomic mass is 9.85. The van der Waals surface area contributed by atoms with Gasteiger partial charge < -0.3 is 15.3 Å². The lowest BCUT2D eigenvalue weighted by Gasteiger charge is -2.43. The Morgan fingerprint density at radius 2 is 1.87 bits per heavy atom. The van der Waals surface area contributed by atoms with E-state index < -0.39 is 5.54 Å². The van der Waals surface area contributed by atoms with E-state index in [2.05, 4.69) is 16.3 Å². The summed E-state index contributed by atoms with van der Waals surface area (Å²) >= 11 is 6.08. The van der Waals surface area contributed by atoms with Crippen molar-refractivity contribution in [1.82, 2.24) is 9.80 Å². The van der Waals surface area contributed by atoms with Crippen LogP contribution in [0.15, 0.2) is 48.5 Å². The number of carbonyl (C=O) groups is 2. The van der Waals surface area contributed by atoms with E-state index in [0.717, 1.165) is 30.2 Å². The summed E-state index contributed by atoms with van der Waals surface area (Å²) in [6, 6.07) is 14.1. The summed E-state index contributed by atoms with van der Waals surface area (Å²) in [5, 5.41) is 11.0. The molecule has 8 heteroatoms. The molecule has 1 amide bonds. The largest absolute Gasteiger partial charge is 0.483 e. The van der Waals surface area contributed by atoms with Gasteiger partial charge in [-0.05, 0) is 48.7 Å². The van der Waals surface area contributed by atoms with Crippen molar-refractivity contribution in [3.63, 3.8) is 0 Å². The number of hydrogen-bond acceptors (Lipinski definition) is 4. The molecule has 1 aliphatic heterocycles. The summed E-state index contributed by atoms with van der Waals surface area (Å²) in [6.07, 6.45) is 1.31. The van der Waals surface area contributed by atoms with Gasteiger partial charge in [-0.2, -0.15) is 0 Å². The van der Waals surface area contributed by atoms with Crippen molar-refractivity contribution in [2.75, 3.05) is 32.5 Å². The quantitative estimate of drug-likeness (QED) is 0.700. The van der Waals surface area contributed by atoms with E-state index in [0.29, 0.717) is 18.5 Å². The van der Waals surface area contributed by atoms with Gasteiger partial charge in [0.05, 0.1) is 0 Å². The molecule has 1 heterocycles. The molecule has 0 aromatic heterocycles. The van der Waals surface area contributed by atoms with Gasteiger partial charge in [-0.25, -0.2) is 4.39 Å². The lowest BCUT2D eigenvalue weighted by Crippen LogP contribution is -2.57. The molecular formula is C22H27ClFN3O3. The minimum atomic E-state index is -0.720. The van der Waals surface area contributed by atoms with Crippen LogP contribution in [0.3, 0.4) is 0 Å². The molecule has 2 aromatic rings. The van der Waals surface area contributed by atoms with Crippen LogP contribution in [-0.4, -0.2) is 60.0 Å². The SMILES string of the molecule is CN(C)C(=O)C1(Nc2cccc(F)c2)CCN(Cc2cccc(Cl)c2)CC1.O=CO. The molecule has 162 valence electrons. The molecule has 3 rings (SSSR count). The number of amides is 1. The summed E-state index contributed by atoms with van der Waals surface area (Å²) in [6.45, 7) is 2.09. The number of carboxylic acid groups (broad SMARTS) is 1. The molecule has 0 bridgehead atoms. The Balaban J connectivity index is 0.00000101. The Hall–Kier alpha value is -2.64. The van der Waals surface area contributed by atoms with Crippen molar-refractivity contribution in [3.05, 3.63) is 64.9 Å². The van der Waals surface area contributed by atoms with E-state index in [-0.39, 0.29) is 18.2 Å². The number of halogens is 2. The van der Waals surface area contributed by atoms with Crippen molar-refractivity contribution >= 4 is 29.7 Å². The molecule has 1 fully saturated rings. The summed E-state index contributed by atoms with van der Waals surface area (Å²) < 4.78 is 13.6. The van der Waals surface area contributed by atoms with Crippen molar-refractivity contribution in [3.8, 4) is 0 Å². The van der Waals surface area contributed by atoms with Crippen LogP contribution in [0.1, 0.15) is 18.4 Å². The summed E-state index contributed by atoms with van der Waals surface area (Å²) in [5.41, 5.74) is 1.07. The zero-order chi connectivity index (χ0) is 22.1. The van der Waals surface area contributed by atoms with Crippen molar-refractivity contribution in [2.24, 2.45) is 0 Å². The Morgan fingerprint density at radius 1 is 1.23 bits per heavy atom. The molecule has 0 radical (unpaired) electrons. The molecule has 2 aromatic carbocycles. The molecule has 6 nitrogen and oxygen atoms in total. The van der Waals surface area contributed by atoms with Gasteiger partial charge in [0.15, 0.2) is 0 Å². The van der Waals surface area contributed by atoms with Crippen molar-refractivity contribution in [2.45, 2.75) is 24.9 Å². The van der Waals surface area contributed by atoms with Gasteiger partial charge in [0, 0.05) is 44.4 Å². The fraction of sp³-hybridized carbons (Fsp3) is 0.364. The zero-order valence-electron chi connectivity index (χ0n) is 17.1. The van der Waals surface area contributed by atoms with Gasteiger partial charge in [0.1, 0.15) is 11.4 Å². The Bertz CT molecular complexity index is 855. The van der Waals surface area contributed by atoms with Crippen LogP contribution in [0.5, 0.6) is 0 Å². The first-order valence-corrected chi connectivity index (χ1v) is 9.97. The standard InChI is InChI=1S/C21H25ClFN3O.CH2O2/c1-25(2)20(27)21(24-19-8-4-7-18(23)14-19)9-11-26(12-10-21)15-16-5-3-6-17(22)13-16;2-1-3/h3-8,13-14,24H,9-12,15H2,1-2H3;1H,(H,2,3). The number of hydrogen-bond donors (Lipinski definition) is 2. The minimum Gasteiger partial charge on any atom is -0.483 e. The Labute approximate surface area is 181 Å². The van der Waals surface area contributed by atoms with E-state index in [9.17, 15) is 9.18 Å². The summed E-state index contributed by atoms with van der Waals surface area (Å²) in [5.74, 6) is -0.292. The number of likely N-dealkylation sites (N-methyl/N-ethyl adjacent to an activating group) is 1. The Morgan fingerprint density at radius 3 is 2.43 bits per heavy atom. The Kier molecular flexibility index (Phi) is 8.62. The van der Waals surface area contributed by atoms with E-state index in [1.807, 2.05) is 18.2 Å². The van der Waals surface area contributed by atoms with Crippen molar-refractivity contribution in [1.29, 1.82) is 0 Å². The molecular weight excluding hydrogens is 409 g/mol. The molecule has 1 aliphatic rings. The number of carbonyl (C=O) groups excluding carboxylic acids is 1. The number of nitrogens with one attached hydrogen (secondary N) is 1. The van der Waals surface area contributed by atoms with Crippen LogP contribution in [0.25, 0.3) is 0 Å². The van der Waals surface area contributed by atoms with Crippen LogP contribution in [0.4, 0.5) is 10.1 Å². The number of likely N-dealkylation sites (tertiary alicyclic amines) is 1. The first-order valence-electron chi connectivity index (χ1n) is 9.60. The van der Waals surface area contributed by atoms with E-state index in [4.69, 9.17) is 21.5 Å². The smallest absolute Gasteiger partial charge is 0.290 e. The maximum absolute atomic E-state index is 13.6. The third-order valence-corrected chi connectivity index (χ3v) is 5.26. The molecule has 0 saturated carbocycles. The highest BCUT2D eigenvalue weighted by Gasteiger charge is 2.42. The lowest BCUT2D eigenvalue weighted by molar-refractivity contribution is -0.135. The molecule has 0 unspecified atom stereocenters. The highest BCUT2D eigenvalue weighted by Crippen LogP contribution is 2.30. The maximum Gasteiger partial charge on any atom is 0.290 e. The first-order chi connectivity index (χ1) is 14.3. The van der Waals surface area contributed by atoms with Gasteiger partial charge in [-0.15, -0.1) is 0 Å². The second-order valence-corrected chi connectivity index (χ2v) is 7.86. The van der Waals surface area contributed by atoms with Crippen LogP contribution >= 0.6 is 11.6 Å².